The van der Waals surface area contributed by atoms with Gasteiger partial charge in [-0.15, -0.1) is 0 Å². The van der Waals surface area contributed by atoms with Crippen LogP contribution >= 0.6 is 0 Å². The molecule has 0 rings (SSSR count). The Labute approximate surface area is 63.0 Å². The highest BCUT2D eigenvalue weighted by atomic mass is 14.9. The number of hydrogen-bond donors (Lipinski definition) is 2. The van der Waals surface area contributed by atoms with Gasteiger partial charge in [-0.2, -0.15) is 0 Å². The summed E-state index contributed by atoms with van der Waals surface area (Å²) >= 11 is 0. The van der Waals surface area contributed by atoms with E-state index in [-0.39, 0.29) is 0 Å². The molecule has 0 fully saturated rings. The first kappa shape index (κ1) is 9.08. The van der Waals surface area contributed by atoms with Crippen molar-refractivity contribution in [2.75, 3.05) is 7.05 Å². The molecule has 0 saturated heterocycles. The molecule has 2 N–H and O–H groups in total. The third-order valence-electron chi connectivity index (χ3n) is 0.975. The van der Waals surface area contributed by atoms with Gasteiger partial charge < -0.3 is 10.6 Å². The predicted octanol–water partition coefficient (Wildman–Crippen LogP) is 1.23. The summed E-state index contributed by atoms with van der Waals surface area (Å²) < 4.78 is 0. The maximum atomic E-state index is 3.66. The largest absolute Gasteiger partial charge is 0.392 e. The van der Waals surface area contributed by atoms with Gasteiger partial charge in [-0.3, -0.25) is 0 Å². The van der Waals surface area contributed by atoms with Crippen molar-refractivity contribution in [1.82, 2.24) is 10.6 Å². The van der Waals surface area contributed by atoms with Crippen LogP contribution in [-0.4, -0.2) is 13.1 Å². The number of hydrogen-bond acceptors (Lipinski definition) is 2. The van der Waals surface area contributed by atoms with E-state index in [1.165, 1.54) is 0 Å². The minimum atomic E-state index is 0.456. The third kappa shape index (κ3) is 4.01. The molecule has 0 aromatic heterocycles. The van der Waals surface area contributed by atoms with Crippen LogP contribution in [0, 0.1) is 0 Å². The summed E-state index contributed by atoms with van der Waals surface area (Å²) in [6.45, 7) is 7.84. The second-order valence-electron chi connectivity index (χ2n) is 2.39. The SMILES string of the molecule is C=C/C(=C\NC)NC(C)C. The Morgan fingerprint density at radius 3 is 2.40 bits per heavy atom. The smallest absolute Gasteiger partial charge is 0.0495 e. The molecule has 0 amide bonds. The Balaban J connectivity index is 3.83. The summed E-state index contributed by atoms with van der Waals surface area (Å²) in [5.41, 5.74) is 1.03. The third-order valence-corrected chi connectivity index (χ3v) is 0.975. The summed E-state index contributed by atoms with van der Waals surface area (Å²) in [6, 6.07) is 0.456. The van der Waals surface area contributed by atoms with Crippen LogP contribution in [0.3, 0.4) is 0 Å². The molecule has 0 radical (unpaired) electrons. The molecule has 0 aliphatic heterocycles. The molecule has 0 aromatic carbocycles. The van der Waals surface area contributed by atoms with E-state index in [0.717, 1.165) is 5.70 Å². The van der Waals surface area contributed by atoms with Gasteiger partial charge in [0.15, 0.2) is 0 Å². The van der Waals surface area contributed by atoms with Gasteiger partial charge in [-0.05, 0) is 19.9 Å². The van der Waals surface area contributed by atoms with Crippen molar-refractivity contribution in [2.24, 2.45) is 0 Å². The van der Waals surface area contributed by atoms with Gasteiger partial charge in [-0.25, -0.2) is 0 Å². The normalized spacial score (nSPS) is 11.4. The predicted molar refractivity (Wildman–Crippen MR) is 45.6 cm³/mol. The van der Waals surface area contributed by atoms with Crippen molar-refractivity contribution in [2.45, 2.75) is 19.9 Å². The minimum absolute atomic E-state index is 0.456. The zero-order chi connectivity index (χ0) is 7.98. The van der Waals surface area contributed by atoms with E-state index in [0.29, 0.717) is 6.04 Å². The maximum absolute atomic E-state index is 3.66. The van der Waals surface area contributed by atoms with E-state index in [1.807, 2.05) is 13.2 Å². The first-order valence-corrected chi connectivity index (χ1v) is 3.47. The van der Waals surface area contributed by atoms with Crippen LogP contribution in [0.4, 0.5) is 0 Å². The van der Waals surface area contributed by atoms with Crippen molar-refractivity contribution >= 4 is 0 Å². The zero-order valence-electron chi connectivity index (χ0n) is 6.94. The monoisotopic (exact) mass is 140 g/mol. The van der Waals surface area contributed by atoms with Gasteiger partial charge in [0.05, 0.1) is 0 Å². The van der Waals surface area contributed by atoms with Gasteiger partial charge in [0.1, 0.15) is 0 Å². The van der Waals surface area contributed by atoms with Crippen molar-refractivity contribution < 1.29 is 0 Å². The van der Waals surface area contributed by atoms with Crippen molar-refractivity contribution in [3.8, 4) is 0 Å². The lowest BCUT2D eigenvalue weighted by Gasteiger charge is -2.09. The summed E-state index contributed by atoms with van der Waals surface area (Å²) in [5.74, 6) is 0. The number of allylic oxidation sites excluding steroid dienone is 1. The molecule has 0 aromatic rings. The molecule has 0 bridgehead atoms. The number of nitrogens with one attached hydrogen (secondary N) is 2. The zero-order valence-corrected chi connectivity index (χ0v) is 6.94. The second kappa shape index (κ2) is 4.91. The maximum Gasteiger partial charge on any atom is 0.0495 e. The molecule has 58 valence electrons. The fraction of sp³-hybridized carbons (Fsp3) is 0.500. The molecule has 10 heavy (non-hydrogen) atoms. The van der Waals surface area contributed by atoms with Crippen LogP contribution in [-0.2, 0) is 0 Å². The fourth-order valence-electron chi connectivity index (χ4n) is 0.648. The summed E-state index contributed by atoms with van der Waals surface area (Å²) in [4.78, 5) is 0. The molecular formula is C8H16N2. The summed E-state index contributed by atoms with van der Waals surface area (Å²) in [5, 5.41) is 6.14. The van der Waals surface area contributed by atoms with E-state index < -0.39 is 0 Å². The highest BCUT2D eigenvalue weighted by molar-refractivity contribution is 5.13. The van der Waals surface area contributed by atoms with Crippen molar-refractivity contribution in [1.29, 1.82) is 0 Å². The molecule has 0 atom stereocenters. The van der Waals surface area contributed by atoms with Gasteiger partial charge >= 0.3 is 0 Å². The van der Waals surface area contributed by atoms with Crippen LogP contribution in [0.2, 0.25) is 0 Å². The standard InChI is InChI=1S/C8H16N2/c1-5-8(6-9-4)10-7(2)3/h5-7,9-10H,1H2,2-4H3/b8-6+. The second-order valence-corrected chi connectivity index (χ2v) is 2.39. The Bertz CT molecular complexity index is 125. The van der Waals surface area contributed by atoms with Crippen LogP contribution in [0.1, 0.15) is 13.8 Å². The highest BCUT2D eigenvalue weighted by Gasteiger charge is 1.91. The topological polar surface area (TPSA) is 24.1 Å². The lowest BCUT2D eigenvalue weighted by molar-refractivity contribution is 0.677. The molecule has 0 aliphatic carbocycles. The molecule has 0 heterocycles. The number of rotatable bonds is 4. The molecule has 0 spiro atoms. The van der Waals surface area contributed by atoms with Gasteiger partial charge in [0, 0.05) is 25.0 Å². The summed E-state index contributed by atoms with van der Waals surface area (Å²) in [6.07, 6.45) is 3.67. The van der Waals surface area contributed by atoms with E-state index in [2.05, 4.69) is 31.1 Å². The van der Waals surface area contributed by atoms with Gasteiger partial charge in [0.25, 0.3) is 0 Å². The average molecular weight is 140 g/mol. The first-order chi connectivity index (χ1) is 4.70. The highest BCUT2D eigenvalue weighted by Crippen LogP contribution is 1.89. The van der Waals surface area contributed by atoms with Gasteiger partial charge in [0.2, 0.25) is 0 Å². The van der Waals surface area contributed by atoms with Crippen molar-refractivity contribution in [3.05, 3.63) is 24.6 Å². The molecule has 2 nitrogen and oxygen atoms in total. The molecule has 0 aliphatic rings. The van der Waals surface area contributed by atoms with E-state index in [1.54, 1.807) is 6.08 Å². The van der Waals surface area contributed by atoms with Crippen LogP contribution < -0.4 is 10.6 Å². The first-order valence-electron chi connectivity index (χ1n) is 3.47. The van der Waals surface area contributed by atoms with Crippen LogP contribution in [0.25, 0.3) is 0 Å². The molecular weight excluding hydrogens is 124 g/mol. The van der Waals surface area contributed by atoms with Crippen molar-refractivity contribution in [3.63, 3.8) is 0 Å². The minimum Gasteiger partial charge on any atom is -0.392 e. The van der Waals surface area contributed by atoms with E-state index in [9.17, 15) is 0 Å². The Morgan fingerprint density at radius 2 is 2.10 bits per heavy atom. The van der Waals surface area contributed by atoms with E-state index >= 15 is 0 Å². The molecule has 0 unspecified atom stereocenters. The molecule has 0 saturated carbocycles. The Hall–Kier alpha value is -0.920. The lowest BCUT2D eigenvalue weighted by Crippen LogP contribution is -2.21. The fourth-order valence-corrected chi connectivity index (χ4v) is 0.648. The Morgan fingerprint density at radius 1 is 1.50 bits per heavy atom. The summed E-state index contributed by atoms with van der Waals surface area (Å²) in [7, 11) is 1.87. The Kier molecular flexibility index (Phi) is 4.46. The lowest BCUT2D eigenvalue weighted by atomic mass is 10.3. The average Bonchev–Trinajstić information content (AvgIpc) is 1.86. The van der Waals surface area contributed by atoms with E-state index in [4.69, 9.17) is 0 Å². The van der Waals surface area contributed by atoms with Crippen LogP contribution in [0.5, 0.6) is 0 Å². The molecule has 2 heteroatoms. The van der Waals surface area contributed by atoms with Gasteiger partial charge in [-0.1, -0.05) is 6.58 Å². The van der Waals surface area contributed by atoms with Crippen LogP contribution in [0.15, 0.2) is 24.6 Å². The quantitative estimate of drug-likeness (QED) is 0.574.